The molecule has 0 radical (unpaired) electrons. The first kappa shape index (κ1) is 17.5. The summed E-state index contributed by atoms with van der Waals surface area (Å²) in [6, 6.07) is 19.4. The van der Waals surface area contributed by atoms with Crippen molar-refractivity contribution in [1.82, 2.24) is 14.8 Å². The number of benzene rings is 2. The number of H-pyrrole nitrogens is 1. The van der Waals surface area contributed by atoms with Crippen LogP contribution in [0.5, 0.6) is 0 Å². The quantitative estimate of drug-likeness (QED) is 0.321. The molecule has 0 aliphatic carbocycles. The molecule has 0 atom stereocenters. The van der Waals surface area contributed by atoms with Gasteiger partial charge in [-0.25, -0.2) is 4.68 Å². The number of aromatic amines is 1. The van der Waals surface area contributed by atoms with Crippen LogP contribution in [0, 0.1) is 25.2 Å². The molecule has 0 unspecified atom stereocenters. The van der Waals surface area contributed by atoms with Crippen molar-refractivity contribution in [3.63, 3.8) is 0 Å². The maximum Gasteiger partial charge on any atom is 0.205 e. The summed E-state index contributed by atoms with van der Waals surface area (Å²) in [6.45, 7) is 3.81. The number of carbonyl (C=O) groups is 1. The van der Waals surface area contributed by atoms with Gasteiger partial charge in [0.1, 0.15) is 11.6 Å². The van der Waals surface area contributed by atoms with Gasteiger partial charge in [-0.15, -0.1) is 0 Å². The van der Waals surface area contributed by atoms with E-state index in [9.17, 15) is 10.1 Å². The number of nitriles is 1. The van der Waals surface area contributed by atoms with Gasteiger partial charge in [0.25, 0.3) is 0 Å². The van der Waals surface area contributed by atoms with Gasteiger partial charge in [-0.05, 0) is 38.1 Å². The smallest absolute Gasteiger partial charge is 0.205 e. The molecule has 28 heavy (non-hydrogen) atoms. The average Bonchev–Trinajstić information content (AvgIpc) is 3.28. The first-order chi connectivity index (χ1) is 13.6. The number of hydrogen-bond donors (Lipinski definition) is 1. The van der Waals surface area contributed by atoms with E-state index >= 15 is 0 Å². The van der Waals surface area contributed by atoms with Crippen LogP contribution in [0.2, 0.25) is 0 Å². The number of carbonyl (C=O) groups excluding carboxylic acids is 1. The van der Waals surface area contributed by atoms with Crippen LogP contribution < -0.4 is 0 Å². The molecule has 5 heteroatoms. The minimum Gasteiger partial charge on any atom is -0.360 e. The van der Waals surface area contributed by atoms with E-state index in [4.69, 9.17) is 0 Å². The van der Waals surface area contributed by atoms with Gasteiger partial charge in [0.2, 0.25) is 5.78 Å². The second kappa shape index (κ2) is 7.01. The van der Waals surface area contributed by atoms with Crippen LogP contribution >= 0.6 is 0 Å². The Hall–Kier alpha value is -3.91. The van der Waals surface area contributed by atoms with Crippen LogP contribution in [0.1, 0.15) is 27.3 Å². The lowest BCUT2D eigenvalue weighted by molar-refractivity contribution is 0.104. The van der Waals surface area contributed by atoms with Crippen molar-refractivity contribution in [2.24, 2.45) is 0 Å². The lowest BCUT2D eigenvalue weighted by Crippen LogP contribution is -2.02. The fourth-order valence-corrected chi connectivity index (χ4v) is 3.38. The SMILES string of the molecule is Cc1nn(-c2ccccc2)c(C)c1/C=C(\C#N)C(=O)c1c[nH]c2ccccc12. The first-order valence-electron chi connectivity index (χ1n) is 8.94. The molecule has 0 amide bonds. The van der Waals surface area contributed by atoms with Crippen molar-refractivity contribution in [3.8, 4) is 11.8 Å². The predicted molar refractivity (Wildman–Crippen MR) is 109 cm³/mol. The van der Waals surface area contributed by atoms with Gasteiger partial charge in [0.15, 0.2) is 0 Å². The second-order valence-corrected chi connectivity index (χ2v) is 6.58. The molecule has 0 bridgehead atoms. The zero-order valence-corrected chi connectivity index (χ0v) is 15.6. The fourth-order valence-electron chi connectivity index (χ4n) is 3.38. The lowest BCUT2D eigenvalue weighted by atomic mass is 10.0. The highest BCUT2D eigenvalue weighted by atomic mass is 16.1. The van der Waals surface area contributed by atoms with Crippen LogP contribution in [0.25, 0.3) is 22.7 Å². The molecular formula is C23H18N4O. The van der Waals surface area contributed by atoms with Crippen LogP contribution in [0.4, 0.5) is 0 Å². The minimum atomic E-state index is -0.300. The number of para-hydroxylation sites is 2. The van der Waals surface area contributed by atoms with Crippen LogP contribution in [-0.2, 0) is 0 Å². The Morgan fingerprint density at radius 2 is 1.82 bits per heavy atom. The Balaban J connectivity index is 1.78. The summed E-state index contributed by atoms with van der Waals surface area (Å²) in [5, 5.41) is 15.1. The van der Waals surface area contributed by atoms with E-state index in [1.165, 1.54) is 0 Å². The molecule has 2 aromatic carbocycles. The molecule has 2 aromatic heterocycles. The number of rotatable bonds is 4. The summed E-state index contributed by atoms with van der Waals surface area (Å²) >= 11 is 0. The molecule has 2 heterocycles. The number of ketones is 1. The monoisotopic (exact) mass is 366 g/mol. The van der Waals surface area contributed by atoms with Crippen molar-refractivity contribution in [2.45, 2.75) is 13.8 Å². The third-order valence-electron chi connectivity index (χ3n) is 4.84. The number of hydrogen-bond acceptors (Lipinski definition) is 3. The van der Waals surface area contributed by atoms with Crippen LogP contribution in [0.15, 0.2) is 66.4 Å². The zero-order chi connectivity index (χ0) is 19.7. The van der Waals surface area contributed by atoms with Gasteiger partial charge in [-0.1, -0.05) is 36.4 Å². The van der Waals surface area contributed by atoms with E-state index < -0.39 is 0 Å². The highest BCUT2D eigenvalue weighted by Gasteiger charge is 2.19. The molecule has 0 saturated heterocycles. The summed E-state index contributed by atoms with van der Waals surface area (Å²) in [5.41, 5.74) is 4.81. The van der Waals surface area contributed by atoms with Crippen molar-refractivity contribution in [3.05, 3.63) is 88.9 Å². The number of fused-ring (bicyclic) bond motifs is 1. The fraction of sp³-hybridized carbons (Fsp3) is 0.0870. The van der Waals surface area contributed by atoms with Crippen molar-refractivity contribution in [2.75, 3.05) is 0 Å². The largest absolute Gasteiger partial charge is 0.360 e. The molecule has 0 spiro atoms. The Kier molecular flexibility index (Phi) is 4.38. The lowest BCUT2D eigenvalue weighted by Gasteiger charge is -2.04. The molecule has 0 saturated carbocycles. The Morgan fingerprint density at radius 3 is 2.57 bits per heavy atom. The molecular weight excluding hydrogens is 348 g/mol. The summed E-state index contributed by atoms with van der Waals surface area (Å²) in [7, 11) is 0. The van der Waals surface area contributed by atoms with E-state index in [1.807, 2.05) is 73.1 Å². The van der Waals surface area contributed by atoms with Crippen molar-refractivity contribution >= 4 is 22.8 Å². The highest BCUT2D eigenvalue weighted by Crippen LogP contribution is 2.24. The van der Waals surface area contributed by atoms with Gasteiger partial charge >= 0.3 is 0 Å². The van der Waals surface area contributed by atoms with Gasteiger partial charge in [0.05, 0.1) is 11.4 Å². The number of Topliss-reactive ketones (excluding diaryl/α,β-unsaturated/α-hetero) is 1. The molecule has 5 nitrogen and oxygen atoms in total. The minimum absolute atomic E-state index is 0.0866. The number of allylic oxidation sites excluding steroid dienone is 1. The Morgan fingerprint density at radius 1 is 1.11 bits per heavy atom. The van der Waals surface area contributed by atoms with Gasteiger partial charge < -0.3 is 4.98 Å². The summed E-state index contributed by atoms with van der Waals surface area (Å²) in [4.78, 5) is 16.1. The van der Waals surface area contributed by atoms with E-state index in [1.54, 1.807) is 12.3 Å². The molecule has 4 aromatic rings. The van der Waals surface area contributed by atoms with E-state index in [-0.39, 0.29) is 11.4 Å². The van der Waals surface area contributed by atoms with E-state index in [0.29, 0.717) is 5.56 Å². The molecule has 0 aliphatic rings. The average molecular weight is 366 g/mol. The Labute approximate surface area is 162 Å². The second-order valence-electron chi connectivity index (χ2n) is 6.58. The number of aryl methyl sites for hydroxylation is 1. The van der Waals surface area contributed by atoms with Gasteiger partial charge in [-0.3, -0.25) is 4.79 Å². The number of nitrogens with zero attached hydrogens (tertiary/aromatic N) is 3. The highest BCUT2D eigenvalue weighted by molar-refractivity contribution is 6.19. The first-order valence-corrected chi connectivity index (χ1v) is 8.94. The molecule has 136 valence electrons. The third-order valence-corrected chi connectivity index (χ3v) is 4.84. The standard InChI is InChI=1S/C23H18N4O/c1-15-20(16(2)27(26-15)18-8-4-3-5-9-18)12-17(13-24)23(28)21-14-25-22-11-7-6-10-19(21)22/h3-12,14,25H,1-2H3/b17-12+. The third kappa shape index (κ3) is 2.91. The normalized spacial score (nSPS) is 11.5. The topological polar surface area (TPSA) is 74.5 Å². The Bertz CT molecular complexity index is 1250. The molecule has 0 fully saturated rings. The summed E-state index contributed by atoms with van der Waals surface area (Å²) < 4.78 is 1.83. The molecule has 1 N–H and O–H groups in total. The molecule has 0 aliphatic heterocycles. The zero-order valence-electron chi connectivity index (χ0n) is 15.6. The maximum absolute atomic E-state index is 13.0. The summed E-state index contributed by atoms with van der Waals surface area (Å²) in [5.74, 6) is -0.300. The maximum atomic E-state index is 13.0. The van der Waals surface area contributed by atoms with Gasteiger partial charge in [-0.2, -0.15) is 10.4 Å². The summed E-state index contributed by atoms with van der Waals surface area (Å²) in [6.07, 6.45) is 3.30. The van der Waals surface area contributed by atoms with Crippen molar-refractivity contribution in [1.29, 1.82) is 5.26 Å². The molecule has 4 rings (SSSR count). The van der Waals surface area contributed by atoms with Crippen LogP contribution in [-0.4, -0.2) is 20.5 Å². The van der Waals surface area contributed by atoms with Crippen LogP contribution in [0.3, 0.4) is 0 Å². The number of nitrogens with one attached hydrogen (secondary N) is 1. The van der Waals surface area contributed by atoms with E-state index in [0.717, 1.165) is 33.5 Å². The van der Waals surface area contributed by atoms with Crippen molar-refractivity contribution < 1.29 is 4.79 Å². The predicted octanol–water partition coefficient (Wildman–Crippen LogP) is 4.76. The van der Waals surface area contributed by atoms with Gasteiger partial charge in [0, 0.05) is 33.9 Å². The number of aromatic nitrogens is 3. The van der Waals surface area contributed by atoms with E-state index in [2.05, 4.69) is 16.2 Å².